The van der Waals surface area contributed by atoms with Crippen molar-refractivity contribution in [1.29, 1.82) is 0 Å². The van der Waals surface area contributed by atoms with Gasteiger partial charge in [-0.25, -0.2) is 0 Å². The molecule has 1 aliphatic heterocycles. The van der Waals surface area contributed by atoms with Gasteiger partial charge in [0.05, 0.1) is 13.2 Å². The highest BCUT2D eigenvalue weighted by molar-refractivity contribution is 5.41. The molecule has 0 unspecified atom stereocenters. The highest BCUT2D eigenvalue weighted by Crippen LogP contribution is 2.22. The molecule has 0 spiro atoms. The van der Waals surface area contributed by atoms with Crippen LogP contribution >= 0.6 is 0 Å². The third-order valence-corrected chi connectivity index (χ3v) is 2.44. The average Bonchev–Trinajstić information content (AvgIpc) is 2.88. The van der Waals surface area contributed by atoms with Gasteiger partial charge in [0, 0.05) is 11.1 Å². The van der Waals surface area contributed by atoms with Crippen LogP contribution in [-0.2, 0) is 9.47 Å². The van der Waals surface area contributed by atoms with Crippen molar-refractivity contribution in [2.24, 2.45) is 0 Å². The van der Waals surface area contributed by atoms with Crippen molar-refractivity contribution in [2.75, 3.05) is 13.2 Å². The van der Waals surface area contributed by atoms with Gasteiger partial charge in [-0.15, -0.1) is 0 Å². The minimum atomic E-state index is -1.00. The monoisotopic (exact) mass is 256 g/mol. The van der Waals surface area contributed by atoms with Crippen LogP contribution in [-0.4, -0.2) is 23.9 Å². The zero-order chi connectivity index (χ0) is 13.7. The van der Waals surface area contributed by atoms with Crippen LogP contribution < -0.4 is 0 Å². The van der Waals surface area contributed by atoms with E-state index in [4.69, 9.17) is 9.47 Å². The summed E-state index contributed by atoms with van der Waals surface area (Å²) in [6.45, 7) is 4.52. The van der Waals surface area contributed by atoms with Gasteiger partial charge in [0.1, 0.15) is 5.60 Å². The molecular weight excluding hydrogens is 240 g/mol. The van der Waals surface area contributed by atoms with E-state index in [1.165, 1.54) is 0 Å². The zero-order valence-electron chi connectivity index (χ0n) is 11.1. The Morgan fingerprint density at radius 1 is 1.11 bits per heavy atom. The standard InChI is InChI=1S/C16H16O3/c1-16(2,17)10-4-3-5-13-6-8-14(9-7-13)15-18-11-12-19-15/h6-9,15,17H,11-12H2,1-2H3. The lowest BCUT2D eigenvalue weighted by molar-refractivity contribution is -0.0441. The highest BCUT2D eigenvalue weighted by Gasteiger charge is 2.17. The molecule has 1 saturated heterocycles. The molecule has 2 rings (SSSR count). The predicted octanol–water partition coefficient (Wildman–Crippen LogP) is 1.86. The maximum absolute atomic E-state index is 9.40. The molecule has 1 fully saturated rings. The smallest absolute Gasteiger partial charge is 0.184 e. The van der Waals surface area contributed by atoms with E-state index in [0.29, 0.717) is 13.2 Å². The first-order valence-electron chi connectivity index (χ1n) is 6.13. The Bertz CT molecular complexity index is 538. The molecule has 0 aromatic heterocycles. The van der Waals surface area contributed by atoms with Crippen LogP contribution in [0, 0.1) is 23.7 Å². The summed E-state index contributed by atoms with van der Waals surface area (Å²) in [5.41, 5.74) is 0.854. The number of rotatable bonds is 1. The van der Waals surface area contributed by atoms with Gasteiger partial charge in [0.25, 0.3) is 0 Å². The molecule has 0 saturated carbocycles. The van der Waals surface area contributed by atoms with Gasteiger partial charge in [0.2, 0.25) is 0 Å². The van der Waals surface area contributed by atoms with Crippen molar-refractivity contribution < 1.29 is 14.6 Å². The second-order valence-corrected chi connectivity index (χ2v) is 4.75. The molecule has 0 radical (unpaired) electrons. The molecule has 3 heteroatoms. The molecule has 1 N–H and O–H groups in total. The van der Waals surface area contributed by atoms with Crippen LogP contribution in [0.15, 0.2) is 24.3 Å². The van der Waals surface area contributed by atoms with Gasteiger partial charge in [-0.1, -0.05) is 24.0 Å². The molecule has 19 heavy (non-hydrogen) atoms. The minimum Gasteiger partial charge on any atom is -0.378 e. The molecule has 3 nitrogen and oxygen atoms in total. The fraction of sp³-hybridized carbons (Fsp3) is 0.375. The van der Waals surface area contributed by atoms with E-state index in [2.05, 4.69) is 23.7 Å². The lowest BCUT2D eigenvalue weighted by Crippen LogP contribution is -2.14. The second-order valence-electron chi connectivity index (χ2n) is 4.75. The average molecular weight is 256 g/mol. The lowest BCUT2D eigenvalue weighted by Gasteiger charge is -2.08. The van der Waals surface area contributed by atoms with Crippen molar-refractivity contribution in [1.82, 2.24) is 0 Å². The number of hydrogen-bond donors (Lipinski definition) is 1. The van der Waals surface area contributed by atoms with Gasteiger partial charge in [-0.2, -0.15) is 0 Å². The van der Waals surface area contributed by atoms with E-state index >= 15 is 0 Å². The quantitative estimate of drug-likeness (QED) is 0.779. The Morgan fingerprint density at radius 3 is 2.32 bits per heavy atom. The van der Waals surface area contributed by atoms with Crippen molar-refractivity contribution in [2.45, 2.75) is 25.7 Å². The summed E-state index contributed by atoms with van der Waals surface area (Å²) in [5, 5.41) is 9.40. The first-order chi connectivity index (χ1) is 9.04. The summed E-state index contributed by atoms with van der Waals surface area (Å²) in [4.78, 5) is 0. The van der Waals surface area contributed by atoms with Crippen molar-refractivity contribution in [3.05, 3.63) is 35.4 Å². The maximum atomic E-state index is 9.40. The fourth-order valence-electron chi connectivity index (χ4n) is 1.56. The molecule has 0 amide bonds. The van der Waals surface area contributed by atoms with Crippen LogP contribution in [0.5, 0.6) is 0 Å². The molecule has 1 aromatic carbocycles. The third-order valence-electron chi connectivity index (χ3n) is 2.44. The highest BCUT2D eigenvalue weighted by atomic mass is 16.7. The van der Waals surface area contributed by atoms with Gasteiger partial charge < -0.3 is 14.6 Å². The molecule has 98 valence electrons. The molecule has 1 aromatic rings. The SMILES string of the molecule is CC(C)(O)C#CC#Cc1ccc(C2OCCO2)cc1. The van der Waals surface area contributed by atoms with Gasteiger partial charge in [-0.3, -0.25) is 0 Å². The van der Waals surface area contributed by atoms with Gasteiger partial charge in [-0.05, 0) is 37.8 Å². The number of aliphatic hydroxyl groups is 1. The molecule has 0 aliphatic carbocycles. The van der Waals surface area contributed by atoms with Crippen molar-refractivity contribution in [3.63, 3.8) is 0 Å². The molecule has 0 bridgehead atoms. The van der Waals surface area contributed by atoms with Crippen molar-refractivity contribution in [3.8, 4) is 23.7 Å². The number of benzene rings is 1. The normalized spacial score (nSPS) is 15.3. The summed E-state index contributed by atoms with van der Waals surface area (Å²) in [6.07, 6.45) is -0.253. The summed E-state index contributed by atoms with van der Waals surface area (Å²) in [7, 11) is 0. The fourth-order valence-corrected chi connectivity index (χ4v) is 1.56. The summed E-state index contributed by atoms with van der Waals surface area (Å²) in [6, 6.07) is 7.67. The van der Waals surface area contributed by atoms with E-state index in [-0.39, 0.29) is 6.29 Å². The maximum Gasteiger partial charge on any atom is 0.184 e. The molecule has 1 heterocycles. The van der Waals surface area contributed by atoms with E-state index < -0.39 is 5.60 Å². The lowest BCUT2D eigenvalue weighted by atomic mass is 10.1. The molecular formula is C16H16O3. The second kappa shape index (κ2) is 5.91. The largest absolute Gasteiger partial charge is 0.378 e. The van der Waals surface area contributed by atoms with Crippen LogP contribution in [0.25, 0.3) is 0 Å². The number of hydrogen-bond acceptors (Lipinski definition) is 3. The summed E-state index contributed by atoms with van der Waals surface area (Å²) >= 11 is 0. The van der Waals surface area contributed by atoms with Crippen molar-refractivity contribution >= 4 is 0 Å². The van der Waals surface area contributed by atoms with Crippen LogP contribution in [0.2, 0.25) is 0 Å². The van der Waals surface area contributed by atoms with Crippen LogP contribution in [0.1, 0.15) is 31.3 Å². The Morgan fingerprint density at radius 2 is 1.74 bits per heavy atom. The Labute approximate surface area is 113 Å². The predicted molar refractivity (Wildman–Crippen MR) is 72.0 cm³/mol. The van der Waals surface area contributed by atoms with E-state index in [0.717, 1.165) is 11.1 Å². The first-order valence-corrected chi connectivity index (χ1v) is 6.13. The Kier molecular flexibility index (Phi) is 4.24. The number of ether oxygens (including phenoxy) is 2. The zero-order valence-corrected chi connectivity index (χ0v) is 11.1. The third kappa shape index (κ3) is 4.43. The molecule has 1 aliphatic rings. The summed E-state index contributed by atoms with van der Waals surface area (Å²) < 4.78 is 10.8. The van der Waals surface area contributed by atoms with Crippen LogP contribution in [0.3, 0.4) is 0 Å². The first kappa shape index (κ1) is 13.6. The van der Waals surface area contributed by atoms with E-state index in [1.807, 2.05) is 24.3 Å². The van der Waals surface area contributed by atoms with Gasteiger partial charge >= 0.3 is 0 Å². The van der Waals surface area contributed by atoms with Gasteiger partial charge in [0.15, 0.2) is 6.29 Å². The minimum absolute atomic E-state index is 0.253. The summed E-state index contributed by atoms with van der Waals surface area (Å²) in [5.74, 6) is 10.9. The Balaban J connectivity index is 2.02. The topological polar surface area (TPSA) is 38.7 Å². The Hall–Kier alpha value is -1.78. The van der Waals surface area contributed by atoms with Crippen LogP contribution in [0.4, 0.5) is 0 Å². The van der Waals surface area contributed by atoms with E-state index in [1.54, 1.807) is 13.8 Å². The van der Waals surface area contributed by atoms with E-state index in [9.17, 15) is 5.11 Å². The molecule has 0 atom stereocenters.